The van der Waals surface area contributed by atoms with E-state index < -0.39 is 59.0 Å². The first-order chi connectivity index (χ1) is 22.8. The molecule has 1 aromatic rings. The van der Waals surface area contributed by atoms with E-state index in [0.29, 0.717) is 57.1 Å². The van der Waals surface area contributed by atoms with Crippen LogP contribution in [0, 0.1) is 11.3 Å². The van der Waals surface area contributed by atoms with Crippen molar-refractivity contribution in [3.05, 3.63) is 35.4 Å². The number of carbonyl (C=O) groups is 5. The van der Waals surface area contributed by atoms with Crippen molar-refractivity contribution in [1.82, 2.24) is 15.1 Å². The van der Waals surface area contributed by atoms with Gasteiger partial charge in [-0.2, -0.15) is 0 Å². The first-order valence-electron chi connectivity index (χ1n) is 16.9. The second-order valence-electron chi connectivity index (χ2n) is 14.5. The monoisotopic (exact) mass is 667 g/mol. The number of benzene rings is 1. The maximum absolute atomic E-state index is 14.2. The summed E-state index contributed by atoms with van der Waals surface area (Å²) in [5.74, 6) is -0.914. The molecule has 260 valence electrons. The molecule has 13 heteroatoms. The molecule has 0 aromatic heterocycles. The average molecular weight is 668 g/mol. The minimum absolute atomic E-state index is 0.0302. The highest BCUT2D eigenvalue weighted by molar-refractivity contribution is 5.96. The molecule has 1 saturated carbocycles. The number of allylic oxidation sites excluding steroid dienone is 2. The van der Waals surface area contributed by atoms with E-state index in [2.05, 4.69) is 5.32 Å². The number of ether oxygens (including phenoxy) is 4. The highest BCUT2D eigenvalue weighted by atomic mass is 16.6. The van der Waals surface area contributed by atoms with Gasteiger partial charge in [0.15, 0.2) is 17.3 Å². The predicted molar refractivity (Wildman–Crippen MR) is 170 cm³/mol. The maximum atomic E-state index is 14.2. The number of nitrogens with one attached hydrogen (secondary N) is 1. The summed E-state index contributed by atoms with van der Waals surface area (Å²) in [7, 11) is 0. The molecular formula is C35H45N3O10. The van der Waals surface area contributed by atoms with Crippen molar-refractivity contribution in [2.75, 3.05) is 19.8 Å². The number of Topliss-reactive ketones (excluding diaryl/α,β-unsaturated/α-hetero) is 1. The Balaban J connectivity index is 1.21. The van der Waals surface area contributed by atoms with E-state index in [1.54, 1.807) is 25.7 Å². The first-order valence-corrected chi connectivity index (χ1v) is 16.9. The number of alkyl carbamates (subject to hydrolysis) is 1. The van der Waals surface area contributed by atoms with Crippen LogP contribution in [0.15, 0.2) is 24.3 Å². The van der Waals surface area contributed by atoms with Crippen molar-refractivity contribution >= 4 is 29.8 Å². The number of rotatable bonds is 3. The molecule has 4 aliphatic heterocycles. The molecule has 1 aromatic carbocycles. The van der Waals surface area contributed by atoms with Crippen molar-refractivity contribution in [2.24, 2.45) is 11.3 Å². The lowest BCUT2D eigenvalue weighted by molar-refractivity contribution is -0.147. The van der Waals surface area contributed by atoms with E-state index in [0.717, 1.165) is 30.4 Å². The zero-order valence-corrected chi connectivity index (χ0v) is 27.8. The Morgan fingerprint density at radius 3 is 2.35 bits per heavy atom. The fourth-order valence-corrected chi connectivity index (χ4v) is 7.21. The molecule has 5 aliphatic rings. The van der Waals surface area contributed by atoms with Gasteiger partial charge in [0.1, 0.15) is 31.0 Å². The number of hydrogen-bond donors (Lipinski definition) is 2. The SMILES string of the molecule is CC(C)(C)OC(=O)N[C@H]1CCCCC/C=C\[C@@H]2C[C@@]2(C(=O)O)CC(=O)[C@@H]2C[C@@H](OC(=O)N3Cc4cc5c(cc4C3)OCCO5)CN2C1=O. The molecular weight excluding hydrogens is 622 g/mol. The van der Waals surface area contributed by atoms with Crippen molar-refractivity contribution in [3.63, 3.8) is 0 Å². The number of amides is 3. The molecule has 0 unspecified atom stereocenters. The minimum Gasteiger partial charge on any atom is -0.486 e. The number of nitrogens with zero attached hydrogens (tertiary/aromatic N) is 2. The molecule has 1 saturated heterocycles. The van der Waals surface area contributed by atoms with Gasteiger partial charge in [0.2, 0.25) is 5.91 Å². The number of fused-ring (bicyclic) bond motifs is 4. The number of carboxylic acids is 1. The highest BCUT2D eigenvalue weighted by Gasteiger charge is 2.61. The summed E-state index contributed by atoms with van der Waals surface area (Å²) in [5, 5.41) is 12.9. The van der Waals surface area contributed by atoms with E-state index in [-0.39, 0.29) is 25.3 Å². The Morgan fingerprint density at radius 2 is 1.71 bits per heavy atom. The quantitative estimate of drug-likeness (QED) is 0.444. The van der Waals surface area contributed by atoms with Crippen LogP contribution in [0.25, 0.3) is 0 Å². The zero-order chi connectivity index (χ0) is 34.2. The van der Waals surface area contributed by atoms with Gasteiger partial charge in [-0.1, -0.05) is 25.0 Å². The summed E-state index contributed by atoms with van der Waals surface area (Å²) in [6.07, 6.45) is 5.23. The Hall–Kier alpha value is -4.29. The minimum atomic E-state index is -1.22. The second-order valence-corrected chi connectivity index (χ2v) is 14.5. The van der Waals surface area contributed by atoms with Crippen LogP contribution in [0.5, 0.6) is 11.5 Å². The van der Waals surface area contributed by atoms with Crippen LogP contribution in [0.1, 0.15) is 83.3 Å². The van der Waals surface area contributed by atoms with Crippen LogP contribution in [0.4, 0.5) is 9.59 Å². The number of hydrogen-bond acceptors (Lipinski definition) is 9. The molecule has 2 N–H and O–H groups in total. The van der Waals surface area contributed by atoms with Crippen molar-refractivity contribution in [1.29, 1.82) is 0 Å². The van der Waals surface area contributed by atoms with Gasteiger partial charge in [0.05, 0.1) is 18.0 Å². The van der Waals surface area contributed by atoms with E-state index in [9.17, 15) is 29.1 Å². The Bertz CT molecular complexity index is 1470. The summed E-state index contributed by atoms with van der Waals surface area (Å²) in [6, 6.07) is 1.76. The average Bonchev–Trinajstić information content (AvgIpc) is 3.33. The fraction of sp³-hybridized carbons (Fsp3) is 0.629. The third-order valence-corrected chi connectivity index (χ3v) is 9.80. The van der Waals surface area contributed by atoms with Gasteiger partial charge in [-0.25, -0.2) is 9.59 Å². The van der Waals surface area contributed by atoms with Gasteiger partial charge in [0.25, 0.3) is 0 Å². The fourth-order valence-electron chi connectivity index (χ4n) is 7.21. The Kier molecular flexibility index (Phi) is 9.32. The summed E-state index contributed by atoms with van der Waals surface area (Å²) < 4.78 is 22.7. The smallest absolute Gasteiger partial charge is 0.410 e. The summed E-state index contributed by atoms with van der Waals surface area (Å²) >= 11 is 0. The Labute approximate surface area is 279 Å². The summed E-state index contributed by atoms with van der Waals surface area (Å²) in [6.45, 7) is 6.63. The van der Waals surface area contributed by atoms with Gasteiger partial charge >= 0.3 is 18.2 Å². The third kappa shape index (κ3) is 7.24. The predicted octanol–water partition coefficient (Wildman–Crippen LogP) is 4.34. The lowest BCUT2D eigenvalue weighted by Crippen LogP contribution is -2.52. The van der Waals surface area contributed by atoms with Crippen LogP contribution in [0.2, 0.25) is 0 Å². The molecule has 48 heavy (non-hydrogen) atoms. The molecule has 6 rings (SSSR count). The lowest BCUT2D eigenvalue weighted by atomic mass is 9.92. The molecule has 0 radical (unpaired) electrons. The first kappa shape index (κ1) is 33.6. The van der Waals surface area contributed by atoms with Crippen LogP contribution in [-0.4, -0.2) is 88.3 Å². The molecule has 1 aliphatic carbocycles. The van der Waals surface area contributed by atoms with Crippen LogP contribution in [-0.2, 0) is 36.9 Å². The lowest BCUT2D eigenvalue weighted by Gasteiger charge is -2.30. The summed E-state index contributed by atoms with van der Waals surface area (Å²) in [4.78, 5) is 69.7. The Morgan fingerprint density at radius 1 is 1.02 bits per heavy atom. The topological polar surface area (TPSA) is 161 Å². The molecule has 3 amide bonds. The normalized spacial score (nSPS) is 29.4. The van der Waals surface area contributed by atoms with E-state index in [1.807, 2.05) is 24.3 Å². The van der Waals surface area contributed by atoms with Gasteiger partial charge < -0.3 is 34.3 Å². The number of carbonyl (C=O) groups excluding carboxylic acids is 4. The zero-order valence-electron chi connectivity index (χ0n) is 27.8. The third-order valence-electron chi connectivity index (χ3n) is 9.80. The number of ketones is 1. The van der Waals surface area contributed by atoms with E-state index >= 15 is 0 Å². The van der Waals surface area contributed by atoms with Crippen molar-refractivity contribution < 1.29 is 48.0 Å². The molecule has 2 fully saturated rings. The van der Waals surface area contributed by atoms with Crippen LogP contribution in [0.3, 0.4) is 0 Å². The number of carboxylic acid groups (broad SMARTS) is 1. The van der Waals surface area contributed by atoms with Gasteiger partial charge in [-0.15, -0.1) is 0 Å². The molecule has 0 spiro atoms. The van der Waals surface area contributed by atoms with Crippen molar-refractivity contribution in [2.45, 2.75) is 109 Å². The molecule has 13 nitrogen and oxygen atoms in total. The largest absolute Gasteiger partial charge is 0.486 e. The molecule has 4 heterocycles. The van der Waals surface area contributed by atoms with Gasteiger partial charge in [-0.05, 0) is 75.6 Å². The van der Waals surface area contributed by atoms with Crippen LogP contribution < -0.4 is 14.8 Å². The number of aliphatic carboxylic acids is 1. The highest BCUT2D eigenvalue weighted by Crippen LogP contribution is 2.57. The maximum Gasteiger partial charge on any atom is 0.410 e. The standard InChI is InChI=1S/C35H45N3O10/c1-34(2,3)48-32(43)36-25-10-8-6-4-5-7-9-23-16-35(23,31(41)42)17-27(39)26-15-24(20-38(26)30(25)40)47-33(44)37-18-21-13-28-29(14-22(21)19-37)46-12-11-45-28/h7,9,13-14,23-26H,4-6,8,10-12,15-20H2,1-3H3,(H,36,43)(H,41,42)/b9-7-/t23-,24-,25+,26+,35-/m1/s1. The molecule has 0 bridgehead atoms. The molecule has 5 atom stereocenters. The van der Waals surface area contributed by atoms with E-state index in [4.69, 9.17) is 18.9 Å². The van der Waals surface area contributed by atoms with Crippen LogP contribution >= 0.6 is 0 Å². The summed E-state index contributed by atoms with van der Waals surface area (Å²) in [5.41, 5.74) is -0.169. The van der Waals surface area contributed by atoms with Crippen molar-refractivity contribution in [3.8, 4) is 11.5 Å². The van der Waals surface area contributed by atoms with E-state index in [1.165, 1.54) is 4.90 Å². The second kappa shape index (κ2) is 13.3. The van der Waals surface area contributed by atoms with Gasteiger partial charge in [0, 0.05) is 25.9 Å². The van der Waals surface area contributed by atoms with Gasteiger partial charge in [-0.3, -0.25) is 19.3 Å².